The molecular weight excluding hydrogens is 254 g/mol. The number of aromatic nitrogens is 2. The first-order valence-corrected chi connectivity index (χ1v) is 6.19. The van der Waals surface area contributed by atoms with E-state index in [4.69, 9.17) is 4.74 Å². The second kappa shape index (κ2) is 4.77. The third-order valence-electron chi connectivity index (χ3n) is 3.21. The molecule has 0 saturated heterocycles. The third kappa shape index (κ3) is 1.93. The van der Waals surface area contributed by atoms with Gasteiger partial charge in [-0.15, -0.1) is 4.91 Å². The van der Waals surface area contributed by atoms with Crippen LogP contribution in [0.3, 0.4) is 0 Å². The number of aryl methyl sites for hydroxylation is 1. The van der Waals surface area contributed by atoms with Crippen LogP contribution >= 0.6 is 0 Å². The van der Waals surface area contributed by atoms with Gasteiger partial charge < -0.3 is 4.74 Å². The minimum atomic E-state index is 0.310. The van der Waals surface area contributed by atoms with Gasteiger partial charge in [-0.3, -0.25) is 4.40 Å². The second-order valence-corrected chi connectivity index (χ2v) is 4.54. The predicted octanol–water partition coefficient (Wildman–Crippen LogP) is 3.72. The predicted molar refractivity (Wildman–Crippen MR) is 77.4 cm³/mol. The molecule has 5 nitrogen and oxygen atoms in total. The number of imidazole rings is 1. The smallest absolute Gasteiger partial charge is 0.209 e. The first-order valence-electron chi connectivity index (χ1n) is 6.19. The number of fused-ring (bicyclic) bond motifs is 1. The summed E-state index contributed by atoms with van der Waals surface area (Å²) in [6.07, 6.45) is 1.81. The Hall–Kier alpha value is -2.69. The quantitative estimate of drug-likeness (QED) is 0.679. The summed E-state index contributed by atoms with van der Waals surface area (Å²) in [7, 11) is 1.61. The van der Waals surface area contributed by atoms with Crippen molar-refractivity contribution in [1.82, 2.24) is 9.38 Å². The molecule has 100 valence electrons. The molecule has 0 aliphatic carbocycles. The number of hydrogen-bond acceptors (Lipinski definition) is 4. The molecule has 0 bridgehead atoms. The standard InChI is InChI=1S/C15H13N3O2/c1-10-7-8-18-13(9-10)16-14(15(18)17-19)11-3-5-12(20-2)6-4-11/h3-9H,1-2H3. The van der Waals surface area contributed by atoms with E-state index in [0.29, 0.717) is 17.2 Å². The fourth-order valence-corrected chi connectivity index (χ4v) is 2.16. The molecule has 0 radical (unpaired) electrons. The van der Waals surface area contributed by atoms with E-state index in [1.54, 1.807) is 17.7 Å². The topological polar surface area (TPSA) is 56.0 Å². The Kier molecular flexibility index (Phi) is 2.95. The summed E-state index contributed by atoms with van der Waals surface area (Å²) in [6.45, 7) is 1.98. The van der Waals surface area contributed by atoms with Crippen LogP contribution in [0.1, 0.15) is 5.56 Å². The SMILES string of the molecule is COc1ccc(-c2nc3cc(C)ccn3c2N=O)cc1. The summed E-state index contributed by atoms with van der Waals surface area (Å²) in [5.74, 6) is 1.07. The van der Waals surface area contributed by atoms with E-state index in [2.05, 4.69) is 10.2 Å². The molecule has 0 N–H and O–H groups in total. The third-order valence-corrected chi connectivity index (χ3v) is 3.21. The minimum absolute atomic E-state index is 0.310. The molecule has 0 aliphatic heterocycles. The van der Waals surface area contributed by atoms with E-state index < -0.39 is 0 Å². The van der Waals surface area contributed by atoms with Crippen LogP contribution in [-0.4, -0.2) is 16.5 Å². The molecule has 5 heteroatoms. The monoisotopic (exact) mass is 267 g/mol. The number of hydrogen-bond donors (Lipinski definition) is 0. The second-order valence-electron chi connectivity index (χ2n) is 4.54. The number of nitrogens with zero attached hydrogens (tertiary/aromatic N) is 3. The van der Waals surface area contributed by atoms with Crippen molar-refractivity contribution in [1.29, 1.82) is 0 Å². The summed E-state index contributed by atoms with van der Waals surface area (Å²) in [6, 6.07) is 11.2. The van der Waals surface area contributed by atoms with Gasteiger partial charge in [0, 0.05) is 11.8 Å². The molecule has 0 atom stereocenters. The van der Waals surface area contributed by atoms with E-state index in [-0.39, 0.29) is 0 Å². The van der Waals surface area contributed by atoms with Crippen molar-refractivity contribution in [3.8, 4) is 17.0 Å². The van der Waals surface area contributed by atoms with Crippen LogP contribution in [-0.2, 0) is 0 Å². The van der Waals surface area contributed by atoms with Crippen molar-refractivity contribution < 1.29 is 4.74 Å². The maximum absolute atomic E-state index is 11.1. The van der Waals surface area contributed by atoms with Gasteiger partial charge in [0.05, 0.1) is 7.11 Å². The van der Waals surface area contributed by atoms with Gasteiger partial charge in [0.15, 0.2) is 0 Å². The van der Waals surface area contributed by atoms with Gasteiger partial charge in [-0.05, 0) is 54.1 Å². The van der Waals surface area contributed by atoms with E-state index >= 15 is 0 Å². The molecule has 0 amide bonds. The van der Waals surface area contributed by atoms with E-state index in [9.17, 15) is 4.91 Å². The highest BCUT2D eigenvalue weighted by molar-refractivity contribution is 5.75. The Balaban J connectivity index is 2.21. The molecule has 3 aromatic rings. The van der Waals surface area contributed by atoms with Gasteiger partial charge >= 0.3 is 0 Å². The maximum atomic E-state index is 11.1. The minimum Gasteiger partial charge on any atom is -0.497 e. The van der Waals surface area contributed by atoms with Crippen molar-refractivity contribution in [2.75, 3.05) is 7.11 Å². The molecule has 0 spiro atoms. The highest BCUT2D eigenvalue weighted by atomic mass is 16.5. The molecule has 1 aromatic carbocycles. The Morgan fingerprint density at radius 3 is 2.60 bits per heavy atom. The van der Waals surface area contributed by atoms with E-state index in [1.165, 1.54) is 0 Å². The van der Waals surface area contributed by atoms with E-state index in [1.807, 2.05) is 43.3 Å². The molecular formula is C15H13N3O2. The molecule has 2 heterocycles. The average molecular weight is 267 g/mol. The zero-order valence-corrected chi connectivity index (χ0v) is 11.2. The summed E-state index contributed by atoms with van der Waals surface area (Å²) >= 11 is 0. The summed E-state index contributed by atoms with van der Waals surface area (Å²) in [5, 5.41) is 3.13. The average Bonchev–Trinajstić information content (AvgIpc) is 2.84. The number of benzene rings is 1. The molecule has 20 heavy (non-hydrogen) atoms. The summed E-state index contributed by atoms with van der Waals surface area (Å²) in [4.78, 5) is 15.6. The Labute approximate surface area is 115 Å². The van der Waals surface area contributed by atoms with Crippen LogP contribution in [0.15, 0.2) is 47.8 Å². The van der Waals surface area contributed by atoms with Gasteiger partial charge in [0.25, 0.3) is 0 Å². The first kappa shape index (κ1) is 12.3. The Bertz CT molecular complexity index is 776. The van der Waals surface area contributed by atoms with Gasteiger partial charge in [-0.2, -0.15) is 0 Å². The van der Waals surface area contributed by atoms with Crippen molar-refractivity contribution in [3.63, 3.8) is 0 Å². The number of nitroso groups, excluding NO2 is 1. The lowest BCUT2D eigenvalue weighted by Crippen LogP contribution is -1.84. The maximum Gasteiger partial charge on any atom is 0.209 e. The van der Waals surface area contributed by atoms with Crippen LogP contribution in [0, 0.1) is 11.8 Å². The van der Waals surface area contributed by atoms with Crippen LogP contribution in [0.4, 0.5) is 5.82 Å². The Morgan fingerprint density at radius 1 is 1.20 bits per heavy atom. The lowest BCUT2D eigenvalue weighted by Gasteiger charge is -2.01. The molecule has 0 saturated carbocycles. The van der Waals surface area contributed by atoms with Crippen LogP contribution in [0.2, 0.25) is 0 Å². The first-order chi connectivity index (χ1) is 9.72. The molecule has 3 rings (SSSR count). The molecule has 2 aromatic heterocycles. The number of ether oxygens (including phenoxy) is 1. The summed E-state index contributed by atoms with van der Waals surface area (Å²) in [5.41, 5.74) is 3.21. The Morgan fingerprint density at radius 2 is 1.95 bits per heavy atom. The van der Waals surface area contributed by atoms with Gasteiger partial charge in [-0.1, -0.05) is 0 Å². The fourth-order valence-electron chi connectivity index (χ4n) is 2.16. The van der Waals surface area contributed by atoms with Crippen molar-refractivity contribution in [2.24, 2.45) is 5.18 Å². The molecule has 0 unspecified atom stereocenters. The highest BCUT2D eigenvalue weighted by Crippen LogP contribution is 2.31. The molecule has 0 aliphatic rings. The fraction of sp³-hybridized carbons (Fsp3) is 0.133. The van der Waals surface area contributed by atoms with Crippen LogP contribution in [0.5, 0.6) is 5.75 Å². The zero-order chi connectivity index (χ0) is 14.1. The van der Waals surface area contributed by atoms with Gasteiger partial charge in [0.2, 0.25) is 5.82 Å². The van der Waals surface area contributed by atoms with Crippen molar-refractivity contribution in [3.05, 3.63) is 53.1 Å². The lowest BCUT2D eigenvalue weighted by molar-refractivity contribution is 0.415. The molecule has 0 fully saturated rings. The number of methoxy groups -OCH3 is 1. The highest BCUT2D eigenvalue weighted by Gasteiger charge is 2.14. The van der Waals surface area contributed by atoms with Crippen molar-refractivity contribution in [2.45, 2.75) is 6.92 Å². The normalized spacial score (nSPS) is 10.7. The van der Waals surface area contributed by atoms with E-state index in [0.717, 1.165) is 16.9 Å². The van der Waals surface area contributed by atoms with Crippen LogP contribution in [0.25, 0.3) is 16.9 Å². The van der Waals surface area contributed by atoms with Crippen molar-refractivity contribution >= 4 is 11.5 Å². The van der Waals surface area contributed by atoms with Crippen LogP contribution < -0.4 is 4.74 Å². The number of pyridine rings is 1. The summed E-state index contributed by atoms with van der Waals surface area (Å²) < 4.78 is 6.82. The number of rotatable bonds is 3. The zero-order valence-electron chi connectivity index (χ0n) is 11.2. The largest absolute Gasteiger partial charge is 0.497 e. The van der Waals surface area contributed by atoms with Gasteiger partial charge in [-0.25, -0.2) is 4.98 Å². The lowest BCUT2D eigenvalue weighted by atomic mass is 10.1. The van der Waals surface area contributed by atoms with Gasteiger partial charge in [0.1, 0.15) is 17.1 Å².